The van der Waals surface area contributed by atoms with Crippen LogP contribution in [0.25, 0.3) is 0 Å². The molecule has 0 aromatic heterocycles. The molecule has 1 saturated carbocycles. The maximum atomic E-state index is 12.4. The number of carbonyl (C=O) groups excluding carboxylic acids is 1. The molecule has 1 aromatic carbocycles. The zero-order valence-corrected chi connectivity index (χ0v) is 13.3. The molecule has 0 saturated heterocycles. The SMILES string of the molecule is CCC(NC(=O)C1CCC(C(=O)O)CC1)c1ccc(C)cc1. The number of hydrogen-bond donors (Lipinski definition) is 2. The van der Waals surface area contributed by atoms with Crippen LogP contribution < -0.4 is 5.32 Å². The molecule has 1 unspecified atom stereocenters. The predicted molar refractivity (Wildman–Crippen MR) is 85.4 cm³/mol. The molecular weight excluding hydrogens is 278 g/mol. The van der Waals surface area contributed by atoms with Gasteiger partial charge in [0.1, 0.15) is 0 Å². The van der Waals surface area contributed by atoms with Crippen LogP contribution in [0, 0.1) is 18.8 Å². The highest BCUT2D eigenvalue weighted by molar-refractivity contribution is 5.79. The fourth-order valence-electron chi connectivity index (χ4n) is 3.11. The van der Waals surface area contributed by atoms with Gasteiger partial charge in [-0.25, -0.2) is 0 Å². The number of aryl methyl sites for hydroxylation is 1. The summed E-state index contributed by atoms with van der Waals surface area (Å²) in [6.07, 6.45) is 3.41. The van der Waals surface area contributed by atoms with Crippen LogP contribution in [-0.2, 0) is 9.59 Å². The molecule has 0 heterocycles. The summed E-state index contributed by atoms with van der Waals surface area (Å²) >= 11 is 0. The molecule has 1 aliphatic carbocycles. The lowest BCUT2D eigenvalue weighted by Crippen LogP contribution is -2.36. The summed E-state index contributed by atoms with van der Waals surface area (Å²) in [5.41, 5.74) is 2.33. The molecule has 0 bridgehead atoms. The molecule has 4 heteroatoms. The molecular formula is C18H25NO3. The van der Waals surface area contributed by atoms with Crippen molar-refractivity contribution in [1.82, 2.24) is 5.32 Å². The van der Waals surface area contributed by atoms with Gasteiger partial charge in [-0.1, -0.05) is 36.8 Å². The third-order valence-electron chi connectivity index (χ3n) is 4.65. The number of amides is 1. The molecule has 0 spiro atoms. The summed E-state index contributed by atoms with van der Waals surface area (Å²) in [6, 6.07) is 8.27. The first kappa shape index (κ1) is 16.5. The first-order chi connectivity index (χ1) is 10.5. The number of nitrogens with one attached hydrogen (secondary N) is 1. The number of aliphatic carboxylic acids is 1. The van der Waals surface area contributed by atoms with Crippen molar-refractivity contribution in [3.63, 3.8) is 0 Å². The Labute approximate surface area is 131 Å². The minimum absolute atomic E-state index is 0.0327. The smallest absolute Gasteiger partial charge is 0.306 e. The van der Waals surface area contributed by atoms with E-state index in [0.29, 0.717) is 25.7 Å². The Bertz CT molecular complexity index is 516. The first-order valence-electron chi connectivity index (χ1n) is 8.11. The second-order valence-electron chi connectivity index (χ2n) is 6.27. The Morgan fingerprint density at radius 2 is 1.68 bits per heavy atom. The fourth-order valence-corrected chi connectivity index (χ4v) is 3.11. The van der Waals surface area contributed by atoms with Crippen LogP contribution in [0.4, 0.5) is 0 Å². The number of carboxylic acid groups (broad SMARTS) is 1. The van der Waals surface area contributed by atoms with E-state index >= 15 is 0 Å². The average Bonchev–Trinajstić information content (AvgIpc) is 2.53. The van der Waals surface area contributed by atoms with Crippen LogP contribution in [0.15, 0.2) is 24.3 Å². The fraction of sp³-hybridized carbons (Fsp3) is 0.556. The van der Waals surface area contributed by atoms with Crippen molar-refractivity contribution in [2.75, 3.05) is 0 Å². The van der Waals surface area contributed by atoms with Crippen molar-refractivity contribution in [1.29, 1.82) is 0 Å². The average molecular weight is 303 g/mol. The van der Waals surface area contributed by atoms with Crippen LogP contribution in [0.3, 0.4) is 0 Å². The molecule has 1 fully saturated rings. The summed E-state index contributed by atoms with van der Waals surface area (Å²) in [7, 11) is 0. The molecule has 1 aliphatic rings. The highest BCUT2D eigenvalue weighted by Gasteiger charge is 2.30. The molecule has 2 N–H and O–H groups in total. The number of rotatable bonds is 5. The van der Waals surface area contributed by atoms with Crippen LogP contribution in [0.5, 0.6) is 0 Å². The van der Waals surface area contributed by atoms with Gasteiger partial charge in [0.15, 0.2) is 0 Å². The van der Waals surface area contributed by atoms with Crippen LogP contribution in [0.2, 0.25) is 0 Å². The highest BCUT2D eigenvalue weighted by Crippen LogP contribution is 2.30. The van der Waals surface area contributed by atoms with E-state index in [1.807, 2.05) is 6.92 Å². The Morgan fingerprint density at radius 1 is 1.14 bits per heavy atom. The summed E-state index contributed by atoms with van der Waals surface area (Å²) < 4.78 is 0. The largest absolute Gasteiger partial charge is 0.481 e. The Balaban J connectivity index is 1.93. The molecule has 120 valence electrons. The van der Waals surface area contributed by atoms with Gasteiger partial charge >= 0.3 is 5.97 Å². The quantitative estimate of drug-likeness (QED) is 0.875. The van der Waals surface area contributed by atoms with E-state index in [1.54, 1.807) is 0 Å². The van der Waals surface area contributed by atoms with Crippen molar-refractivity contribution in [3.8, 4) is 0 Å². The predicted octanol–water partition coefficient (Wildman–Crippen LogP) is 3.45. The Hall–Kier alpha value is -1.84. The summed E-state index contributed by atoms with van der Waals surface area (Å²) in [5, 5.41) is 12.1. The zero-order chi connectivity index (χ0) is 16.1. The third-order valence-corrected chi connectivity index (χ3v) is 4.65. The lowest BCUT2D eigenvalue weighted by Gasteiger charge is -2.27. The van der Waals surface area contributed by atoms with E-state index in [9.17, 15) is 9.59 Å². The van der Waals surface area contributed by atoms with E-state index in [4.69, 9.17) is 5.11 Å². The van der Waals surface area contributed by atoms with Crippen molar-refractivity contribution in [2.45, 2.75) is 52.0 Å². The Morgan fingerprint density at radius 3 is 2.18 bits per heavy atom. The van der Waals surface area contributed by atoms with Crippen molar-refractivity contribution in [3.05, 3.63) is 35.4 Å². The van der Waals surface area contributed by atoms with Crippen LogP contribution in [-0.4, -0.2) is 17.0 Å². The maximum absolute atomic E-state index is 12.4. The zero-order valence-electron chi connectivity index (χ0n) is 13.3. The number of carboxylic acids is 1. The topological polar surface area (TPSA) is 66.4 Å². The van der Waals surface area contributed by atoms with Gasteiger partial charge in [-0.2, -0.15) is 0 Å². The highest BCUT2D eigenvalue weighted by atomic mass is 16.4. The van der Waals surface area contributed by atoms with Gasteiger partial charge in [-0.15, -0.1) is 0 Å². The van der Waals surface area contributed by atoms with Gasteiger partial charge < -0.3 is 10.4 Å². The van der Waals surface area contributed by atoms with E-state index in [1.165, 1.54) is 5.56 Å². The van der Waals surface area contributed by atoms with Gasteiger partial charge in [0, 0.05) is 5.92 Å². The first-order valence-corrected chi connectivity index (χ1v) is 8.11. The van der Waals surface area contributed by atoms with Gasteiger partial charge in [-0.3, -0.25) is 9.59 Å². The standard InChI is InChI=1S/C18H25NO3/c1-3-16(13-6-4-12(2)5-7-13)19-17(20)14-8-10-15(11-9-14)18(21)22/h4-7,14-16H,3,8-11H2,1-2H3,(H,19,20)(H,21,22). The van der Waals surface area contributed by atoms with Crippen LogP contribution in [0.1, 0.15) is 56.2 Å². The monoisotopic (exact) mass is 303 g/mol. The molecule has 1 amide bonds. The number of hydrogen-bond acceptors (Lipinski definition) is 2. The minimum Gasteiger partial charge on any atom is -0.481 e. The maximum Gasteiger partial charge on any atom is 0.306 e. The summed E-state index contributed by atoms with van der Waals surface area (Å²) in [5.74, 6) is -0.987. The van der Waals surface area contributed by atoms with Crippen molar-refractivity contribution >= 4 is 11.9 Å². The minimum atomic E-state index is -0.732. The van der Waals surface area contributed by atoms with Gasteiger partial charge in [0.25, 0.3) is 0 Å². The Kier molecular flexibility index (Phi) is 5.58. The van der Waals surface area contributed by atoms with E-state index in [0.717, 1.165) is 12.0 Å². The third kappa shape index (κ3) is 4.09. The molecule has 0 radical (unpaired) electrons. The lowest BCUT2D eigenvalue weighted by molar-refractivity contribution is -0.144. The molecule has 22 heavy (non-hydrogen) atoms. The normalized spacial score (nSPS) is 22.8. The molecule has 2 rings (SSSR count). The molecule has 4 nitrogen and oxygen atoms in total. The van der Waals surface area contributed by atoms with E-state index in [-0.39, 0.29) is 23.8 Å². The van der Waals surface area contributed by atoms with Gasteiger partial charge in [0.05, 0.1) is 12.0 Å². The second-order valence-corrected chi connectivity index (χ2v) is 6.27. The second kappa shape index (κ2) is 7.43. The summed E-state index contributed by atoms with van der Waals surface area (Å²) in [4.78, 5) is 23.4. The van der Waals surface area contributed by atoms with Gasteiger partial charge in [0.2, 0.25) is 5.91 Å². The van der Waals surface area contributed by atoms with E-state index in [2.05, 4.69) is 36.5 Å². The molecule has 1 aromatic rings. The molecule has 1 atom stereocenters. The van der Waals surface area contributed by atoms with Crippen molar-refractivity contribution < 1.29 is 14.7 Å². The van der Waals surface area contributed by atoms with E-state index < -0.39 is 5.97 Å². The lowest BCUT2D eigenvalue weighted by atomic mass is 9.81. The van der Waals surface area contributed by atoms with Crippen molar-refractivity contribution in [2.24, 2.45) is 11.8 Å². The number of carbonyl (C=O) groups is 2. The summed E-state index contributed by atoms with van der Waals surface area (Å²) in [6.45, 7) is 4.11. The number of benzene rings is 1. The van der Waals surface area contributed by atoms with Gasteiger partial charge in [-0.05, 0) is 44.6 Å². The molecule has 0 aliphatic heterocycles. The van der Waals surface area contributed by atoms with Crippen LogP contribution >= 0.6 is 0 Å².